The molecule has 16 heavy (non-hydrogen) atoms. The van der Waals surface area contributed by atoms with Crippen molar-refractivity contribution >= 4 is 11.3 Å². The molecule has 0 spiro atoms. The first kappa shape index (κ1) is 13.2. The van der Waals surface area contributed by atoms with Gasteiger partial charge in [0.25, 0.3) is 0 Å². The first-order valence-electron chi connectivity index (χ1n) is 5.47. The second-order valence-electron chi connectivity index (χ2n) is 4.30. The zero-order valence-corrected chi connectivity index (χ0v) is 10.5. The van der Waals surface area contributed by atoms with Crippen LogP contribution in [-0.2, 0) is 6.54 Å². The molecule has 0 fully saturated rings. The monoisotopic (exact) mass is 238 g/mol. The number of nitriles is 1. The third kappa shape index (κ3) is 4.31. The zero-order chi connectivity index (χ0) is 12.0. The Morgan fingerprint density at radius 1 is 1.56 bits per heavy atom. The molecule has 0 aliphatic carbocycles. The molecule has 88 valence electrons. The molecule has 3 nitrogen and oxygen atoms in total. The van der Waals surface area contributed by atoms with Crippen LogP contribution in [0, 0.1) is 17.2 Å². The smallest absolute Gasteiger partial charge is 0.100 e. The topological polar surface area (TPSA) is 56.0 Å². The van der Waals surface area contributed by atoms with E-state index in [1.165, 1.54) is 0 Å². The fraction of sp³-hybridized carbons (Fsp3) is 0.583. The van der Waals surface area contributed by atoms with Crippen molar-refractivity contribution in [1.82, 2.24) is 5.32 Å². The summed E-state index contributed by atoms with van der Waals surface area (Å²) in [5.41, 5.74) is 0.714. The highest BCUT2D eigenvalue weighted by Crippen LogP contribution is 2.14. The molecule has 0 bridgehead atoms. The fourth-order valence-electron chi connectivity index (χ4n) is 1.57. The van der Waals surface area contributed by atoms with E-state index < -0.39 is 0 Å². The van der Waals surface area contributed by atoms with Crippen molar-refractivity contribution in [3.8, 4) is 6.07 Å². The van der Waals surface area contributed by atoms with Gasteiger partial charge in [0.05, 0.1) is 12.2 Å². The van der Waals surface area contributed by atoms with Crippen LogP contribution in [0.15, 0.2) is 11.4 Å². The summed E-state index contributed by atoms with van der Waals surface area (Å²) in [5, 5.41) is 23.0. The number of aliphatic hydroxyl groups is 1. The standard InChI is InChI=1S/C12H18N2OS/c1-9(2)3-11(7-15)14-6-12-4-10(5-13)8-16-12/h4,8-9,11,14-15H,3,6-7H2,1-2H3. The summed E-state index contributed by atoms with van der Waals surface area (Å²) in [5.74, 6) is 0.572. The van der Waals surface area contributed by atoms with Crippen molar-refractivity contribution in [1.29, 1.82) is 5.26 Å². The van der Waals surface area contributed by atoms with Crippen molar-refractivity contribution in [2.45, 2.75) is 32.9 Å². The minimum Gasteiger partial charge on any atom is -0.395 e. The Hall–Kier alpha value is -0.890. The van der Waals surface area contributed by atoms with Gasteiger partial charge in [-0.05, 0) is 18.4 Å². The summed E-state index contributed by atoms with van der Waals surface area (Å²) in [6.45, 7) is 5.17. The van der Waals surface area contributed by atoms with Gasteiger partial charge in [0.15, 0.2) is 0 Å². The van der Waals surface area contributed by atoms with Crippen molar-refractivity contribution < 1.29 is 5.11 Å². The first-order chi connectivity index (χ1) is 7.65. The quantitative estimate of drug-likeness (QED) is 0.798. The molecule has 0 amide bonds. The van der Waals surface area contributed by atoms with E-state index in [9.17, 15) is 5.11 Å². The lowest BCUT2D eigenvalue weighted by molar-refractivity contribution is 0.224. The molecule has 0 aliphatic rings. The van der Waals surface area contributed by atoms with Crippen molar-refractivity contribution in [2.75, 3.05) is 6.61 Å². The zero-order valence-electron chi connectivity index (χ0n) is 9.73. The van der Waals surface area contributed by atoms with E-state index in [-0.39, 0.29) is 12.6 Å². The van der Waals surface area contributed by atoms with Gasteiger partial charge in [-0.2, -0.15) is 5.26 Å². The van der Waals surface area contributed by atoms with Crippen LogP contribution in [0.5, 0.6) is 0 Å². The maximum Gasteiger partial charge on any atom is 0.100 e. The van der Waals surface area contributed by atoms with E-state index in [1.807, 2.05) is 11.4 Å². The summed E-state index contributed by atoms with van der Waals surface area (Å²) < 4.78 is 0. The van der Waals surface area contributed by atoms with Crippen LogP contribution in [0.1, 0.15) is 30.7 Å². The van der Waals surface area contributed by atoms with Crippen LogP contribution < -0.4 is 5.32 Å². The number of nitrogens with zero attached hydrogens (tertiary/aromatic N) is 1. The van der Waals surface area contributed by atoms with Crippen LogP contribution in [0.3, 0.4) is 0 Å². The Morgan fingerprint density at radius 2 is 2.31 bits per heavy atom. The molecule has 1 unspecified atom stereocenters. The summed E-state index contributed by atoms with van der Waals surface area (Å²) in [7, 11) is 0. The van der Waals surface area contributed by atoms with E-state index in [0.29, 0.717) is 11.5 Å². The highest BCUT2D eigenvalue weighted by molar-refractivity contribution is 7.10. The Morgan fingerprint density at radius 3 is 2.81 bits per heavy atom. The third-order valence-electron chi connectivity index (χ3n) is 2.32. The van der Waals surface area contributed by atoms with Gasteiger partial charge in [0, 0.05) is 22.8 Å². The van der Waals surface area contributed by atoms with Crippen LogP contribution in [0.2, 0.25) is 0 Å². The van der Waals surface area contributed by atoms with Crippen molar-refractivity contribution in [3.05, 3.63) is 21.9 Å². The SMILES string of the molecule is CC(C)CC(CO)NCc1cc(C#N)cs1. The molecule has 4 heteroatoms. The van der Waals surface area contributed by atoms with Gasteiger partial charge in [-0.1, -0.05) is 13.8 Å². The summed E-state index contributed by atoms with van der Waals surface area (Å²) >= 11 is 1.58. The molecular formula is C12H18N2OS. The Labute approximate surface area is 101 Å². The van der Waals surface area contributed by atoms with E-state index >= 15 is 0 Å². The minimum absolute atomic E-state index is 0.146. The molecular weight excluding hydrogens is 220 g/mol. The van der Waals surface area contributed by atoms with Gasteiger partial charge in [-0.25, -0.2) is 0 Å². The maximum atomic E-state index is 9.19. The Kier molecular flexibility index (Phi) is 5.47. The second-order valence-corrected chi connectivity index (χ2v) is 5.30. The summed E-state index contributed by atoms with van der Waals surface area (Å²) in [6.07, 6.45) is 0.965. The number of rotatable bonds is 6. The first-order valence-corrected chi connectivity index (χ1v) is 6.35. The molecule has 1 rings (SSSR count). The van der Waals surface area contributed by atoms with Gasteiger partial charge in [-0.3, -0.25) is 0 Å². The number of nitrogens with one attached hydrogen (secondary N) is 1. The van der Waals surface area contributed by atoms with E-state index in [1.54, 1.807) is 11.3 Å². The lowest BCUT2D eigenvalue weighted by Gasteiger charge is -2.17. The van der Waals surface area contributed by atoms with Gasteiger partial charge in [0.1, 0.15) is 6.07 Å². The van der Waals surface area contributed by atoms with Gasteiger partial charge < -0.3 is 10.4 Å². The van der Waals surface area contributed by atoms with Gasteiger partial charge in [-0.15, -0.1) is 11.3 Å². The lowest BCUT2D eigenvalue weighted by Crippen LogP contribution is -2.32. The van der Waals surface area contributed by atoms with Gasteiger partial charge in [0.2, 0.25) is 0 Å². The average molecular weight is 238 g/mol. The molecule has 1 aromatic rings. The number of hydrogen-bond donors (Lipinski definition) is 2. The van der Waals surface area contributed by atoms with Crippen LogP contribution in [0.25, 0.3) is 0 Å². The second kappa shape index (κ2) is 6.64. The highest BCUT2D eigenvalue weighted by Gasteiger charge is 2.09. The fourth-order valence-corrected chi connectivity index (χ4v) is 2.33. The Bertz CT molecular complexity index is 354. The Balaban J connectivity index is 2.40. The third-order valence-corrected chi connectivity index (χ3v) is 3.26. The minimum atomic E-state index is 0.146. The molecule has 0 aliphatic heterocycles. The molecule has 0 radical (unpaired) electrons. The molecule has 1 atom stereocenters. The molecule has 1 heterocycles. The van der Waals surface area contributed by atoms with E-state index in [2.05, 4.69) is 25.2 Å². The molecule has 0 saturated heterocycles. The molecule has 2 N–H and O–H groups in total. The maximum absolute atomic E-state index is 9.19. The summed E-state index contributed by atoms with van der Waals surface area (Å²) in [4.78, 5) is 1.14. The predicted molar refractivity (Wildman–Crippen MR) is 66.2 cm³/mol. The molecule has 0 saturated carbocycles. The highest BCUT2D eigenvalue weighted by atomic mass is 32.1. The normalized spacial score (nSPS) is 12.7. The summed E-state index contributed by atoms with van der Waals surface area (Å²) in [6, 6.07) is 4.15. The lowest BCUT2D eigenvalue weighted by atomic mass is 10.0. The van der Waals surface area contributed by atoms with Crippen molar-refractivity contribution in [2.24, 2.45) is 5.92 Å². The average Bonchev–Trinajstić information content (AvgIpc) is 2.71. The van der Waals surface area contributed by atoms with Crippen LogP contribution >= 0.6 is 11.3 Å². The largest absolute Gasteiger partial charge is 0.395 e. The van der Waals surface area contributed by atoms with Crippen LogP contribution in [-0.4, -0.2) is 17.8 Å². The van der Waals surface area contributed by atoms with Crippen molar-refractivity contribution in [3.63, 3.8) is 0 Å². The van der Waals surface area contributed by atoms with E-state index in [4.69, 9.17) is 5.26 Å². The number of thiophene rings is 1. The van der Waals surface area contributed by atoms with Crippen LogP contribution in [0.4, 0.5) is 0 Å². The predicted octanol–water partition coefficient (Wildman–Crippen LogP) is 2.12. The van der Waals surface area contributed by atoms with E-state index in [0.717, 1.165) is 17.8 Å². The number of aliphatic hydroxyl groups excluding tert-OH is 1. The number of hydrogen-bond acceptors (Lipinski definition) is 4. The molecule has 0 aromatic carbocycles. The van der Waals surface area contributed by atoms with Gasteiger partial charge >= 0.3 is 0 Å². The molecule has 1 aromatic heterocycles.